The van der Waals surface area contributed by atoms with Crippen LogP contribution < -0.4 is 4.74 Å². The van der Waals surface area contributed by atoms with Crippen LogP contribution in [0.3, 0.4) is 0 Å². The highest BCUT2D eigenvalue weighted by Gasteiger charge is 2.11. The first-order valence-electron chi connectivity index (χ1n) is 4.93. The zero-order chi connectivity index (χ0) is 12.4. The predicted molar refractivity (Wildman–Crippen MR) is 65.9 cm³/mol. The van der Waals surface area contributed by atoms with Crippen molar-refractivity contribution in [3.05, 3.63) is 22.7 Å². The molecule has 6 heteroatoms. The molecule has 2 rings (SSSR count). The van der Waals surface area contributed by atoms with Gasteiger partial charge in [0, 0.05) is 11.5 Å². The zero-order valence-electron chi connectivity index (χ0n) is 9.44. The Labute approximate surface area is 106 Å². The average molecular weight is 299 g/mol. The van der Waals surface area contributed by atoms with Crippen molar-refractivity contribution in [3.8, 4) is 5.88 Å². The molecule has 1 aromatic carbocycles. The zero-order valence-corrected chi connectivity index (χ0v) is 11.0. The van der Waals surface area contributed by atoms with Gasteiger partial charge in [0.05, 0.1) is 18.0 Å². The number of methoxy groups -OCH3 is 1. The number of halogens is 1. The summed E-state index contributed by atoms with van der Waals surface area (Å²) in [4.78, 5) is 11.0. The van der Waals surface area contributed by atoms with Crippen molar-refractivity contribution >= 4 is 32.8 Å². The van der Waals surface area contributed by atoms with Crippen molar-refractivity contribution in [2.45, 2.75) is 0 Å². The number of carbonyl (C=O) groups excluding carboxylic acids is 1. The van der Waals surface area contributed by atoms with E-state index in [1.807, 2.05) is 25.2 Å². The molecule has 5 nitrogen and oxygen atoms in total. The first-order chi connectivity index (χ1) is 8.11. The molecule has 0 aliphatic carbocycles. The number of fused-ring (bicyclic) bond motifs is 1. The van der Waals surface area contributed by atoms with E-state index in [2.05, 4.69) is 25.8 Å². The molecule has 0 atom stereocenters. The van der Waals surface area contributed by atoms with Crippen LogP contribution in [0.5, 0.6) is 5.88 Å². The maximum absolute atomic E-state index is 11.0. The van der Waals surface area contributed by atoms with Crippen LogP contribution in [0.1, 0.15) is 0 Å². The lowest BCUT2D eigenvalue weighted by molar-refractivity contribution is -0.142. The molecule has 0 aliphatic rings. The summed E-state index contributed by atoms with van der Waals surface area (Å²) >= 11 is 3.39. The Morgan fingerprint density at radius 3 is 3.00 bits per heavy atom. The van der Waals surface area contributed by atoms with Crippen LogP contribution in [0.25, 0.3) is 10.9 Å². The second-order valence-electron chi connectivity index (χ2n) is 3.46. The minimum absolute atomic E-state index is 0.144. The number of hydrogen-bond donors (Lipinski definition) is 0. The molecule has 2 aromatic rings. The second-order valence-corrected chi connectivity index (χ2v) is 4.37. The molecule has 0 aliphatic heterocycles. The monoisotopic (exact) mass is 298 g/mol. The van der Waals surface area contributed by atoms with Gasteiger partial charge in [0.15, 0.2) is 6.61 Å². The molecular weight excluding hydrogens is 288 g/mol. The van der Waals surface area contributed by atoms with E-state index in [0.717, 1.165) is 15.4 Å². The Bertz CT molecular complexity index is 565. The van der Waals surface area contributed by atoms with Crippen molar-refractivity contribution in [3.63, 3.8) is 0 Å². The predicted octanol–water partition coefficient (Wildman–Crippen LogP) is 1.89. The summed E-state index contributed by atoms with van der Waals surface area (Å²) < 4.78 is 12.5. The highest BCUT2D eigenvalue weighted by Crippen LogP contribution is 2.27. The Hall–Kier alpha value is -1.56. The van der Waals surface area contributed by atoms with Gasteiger partial charge in [-0.3, -0.25) is 4.68 Å². The topological polar surface area (TPSA) is 53.4 Å². The molecule has 0 saturated carbocycles. The van der Waals surface area contributed by atoms with E-state index in [4.69, 9.17) is 4.74 Å². The van der Waals surface area contributed by atoms with Crippen molar-refractivity contribution in [2.24, 2.45) is 7.05 Å². The van der Waals surface area contributed by atoms with Gasteiger partial charge in [-0.05, 0) is 18.2 Å². The number of benzene rings is 1. The largest absolute Gasteiger partial charge is 0.466 e. The molecule has 0 N–H and O–H groups in total. The van der Waals surface area contributed by atoms with Crippen LogP contribution >= 0.6 is 15.9 Å². The smallest absolute Gasteiger partial charge is 0.343 e. The third-order valence-corrected chi connectivity index (χ3v) is 2.83. The summed E-state index contributed by atoms with van der Waals surface area (Å²) in [6.45, 7) is -0.144. The number of esters is 1. The van der Waals surface area contributed by atoms with Crippen molar-refractivity contribution in [1.29, 1.82) is 0 Å². The first kappa shape index (κ1) is 11.9. The lowest BCUT2D eigenvalue weighted by atomic mass is 10.2. The molecule has 1 heterocycles. The highest BCUT2D eigenvalue weighted by molar-refractivity contribution is 9.10. The van der Waals surface area contributed by atoms with Gasteiger partial charge in [-0.1, -0.05) is 15.9 Å². The van der Waals surface area contributed by atoms with Crippen molar-refractivity contribution in [2.75, 3.05) is 13.7 Å². The SMILES string of the molecule is COC(=O)COc1nn(C)c2ccc(Br)cc12. The first-order valence-corrected chi connectivity index (χ1v) is 5.73. The Morgan fingerprint density at radius 1 is 1.53 bits per heavy atom. The third kappa shape index (κ3) is 2.41. The molecule has 0 unspecified atom stereocenters. The standard InChI is InChI=1S/C11H11BrN2O3/c1-14-9-4-3-7(12)5-8(9)11(13-14)17-6-10(15)16-2/h3-5H,6H2,1-2H3. The molecule has 90 valence electrons. The van der Waals surface area contributed by atoms with Crippen LogP contribution in [0.15, 0.2) is 22.7 Å². The van der Waals surface area contributed by atoms with E-state index >= 15 is 0 Å². The summed E-state index contributed by atoms with van der Waals surface area (Å²) in [6, 6.07) is 5.75. The fraction of sp³-hybridized carbons (Fsp3) is 0.273. The Kier molecular flexibility index (Phi) is 3.33. The fourth-order valence-electron chi connectivity index (χ4n) is 1.50. The van der Waals surface area contributed by atoms with Crippen molar-refractivity contribution < 1.29 is 14.3 Å². The van der Waals surface area contributed by atoms with Gasteiger partial charge in [-0.15, -0.1) is 5.10 Å². The summed E-state index contributed by atoms with van der Waals surface area (Å²) in [5, 5.41) is 5.06. The number of hydrogen-bond acceptors (Lipinski definition) is 4. The van der Waals surface area contributed by atoms with E-state index in [1.54, 1.807) is 4.68 Å². The summed E-state index contributed by atoms with van der Waals surface area (Å²) in [6.07, 6.45) is 0. The van der Waals surface area contributed by atoms with E-state index in [0.29, 0.717) is 5.88 Å². The molecule has 1 aromatic heterocycles. The van der Waals surface area contributed by atoms with Crippen LogP contribution in [0.4, 0.5) is 0 Å². The minimum atomic E-state index is -0.432. The highest BCUT2D eigenvalue weighted by atomic mass is 79.9. The average Bonchev–Trinajstić information content (AvgIpc) is 2.62. The van der Waals surface area contributed by atoms with Gasteiger partial charge in [0.2, 0.25) is 5.88 Å². The van der Waals surface area contributed by atoms with Crippen LogP contribution in [-0.2, 0) is 16.6 Å². The molecular formula is C11H11BrN2O3. The molecule has 0 bridgehead atoms. The molecule has 0 radical (unpaired) electrons. The molecule has 0 amide bonds. The Balaban J connectivity index is 2.34. The summed E-state index contributed by atoms with van der Waals surface area (Å²) in [7, 11) is 3.14. The Morgan fingerprint density at radius 2 is 2.29 bits per heavy atom. The number of ether oxygens (including phenoxy) is 2. The van der Waals surface area contributed by atoms with E-state index in [1.165, 1.54) is 7.11 Å². The number of rotatable bonds is 3. The maximum atomic E-state index is 11.0. The van der Waals surface area contributed by atoms with Crippen molar-refractivity contribution in [1.82, 2.24) is 9.78 Å². The lowest BCUT2D eigenvalue weighted by Gasteiger charge is -2.01. The van der Waals surface area contributed by atoms with Gasteiger partial charge in [0.25, 0.3) is 0 Å². The van der Waals surface area contributed by atoms with E-state index < -0.39 is 5.97 Å². The maximum Gasteiger partial charge on any atom is 0.343 e. The summed E-state index contributed by atoms with van der Waals surface area (Å²) in [5.41, 5.74) is 0.938. The van der Waals surface area contributed by atoms with Gasteiger partial charge in [-0.2, -0.15) is 0 Å². The summed E-state index contributed by atoms with van der Waals surface area (Å²) in [5.74, 6) is -0.00648. The van der Waals surface area contributed by atoms with Gasteiger partial charge in [-0.25, -0.2) is 4.79 Å². The number of aryl methyl sites for hydroxylation is 1. The fourth-order valence-corrected chi connectivity index (χ4v) is 1.86. The quantitative estimate of drug-likeness (QED) is 0.812. The van der Waals surface area contributed by atoms with Gasteiger partial charge >= 0.3 is 5.97 Å². The third-order valence-electron chi connectivity index (χ3n) is 2.33. The van der Waals surface area contributed by atoms with Crippen LogP contribution in [-0.4, -0.2) is 29.5 Å². The normalized spacial score (nSPS) is 10.5. The molecule has 0 fully saturated rings. The van der Waals surface area contributed by atoms with Crippen LogP contribution in [0, 0.1) is 0 Å². The molecule has 0 spiro atoms. The van der Waals surface area contributed by atoms with Crippen LogP contribution in [0.2, 0.25) is 0 Å². The number of nitrogens with zero attached hydrogens (tertiary/aromatic N) is 2. The lowest BCUT2D eigenvalue weighted by Crippen LogP contribution is -2.12. The molecule has 17 heavy (non-hydrogen) atoms. The minimum Gasteiger partial charge on any atom is -0.466 e. The van der Waals surface area contributed by atoms with Gasteiger partial charge in [0.1, 0.15) is 0 Å². The molecule has 0 saturated heterocycles. The van der Waals surface area contributed by atoms with E-state index in [-0.39, 0.29) is 6.61 Å². The second kappa shape index (κ2) is 4.75. The van der Waals surface area contributed by atoms with Gasteiger partial charge < -0.3 is 9.47 Å². The number of carbonyl (C=O) groups is 1. The van der Waals surface area contributed by atoms with E-state index in [9.17, 15) is 4.79 Å². The number of aromatic nitrogens is 2.